The van der Waals surface area contributed by atoms with E-state index in [0.717, 1.165) is 18.2 Å². The Balaban J connectivity index is 2.81. The third-order valence-corrected chi connectivity index (χ3v) is 2.17. The monoisotopic (exact) mass is 216 g/mol. The molecule has 1 aromatic carbocycles. The van der Waals surface area contributed by atoms with Crippen molar-refractivity contribution in [3.8, 4) is 0 Å². The van der Waals surface area contributed by atoms with E-state index in [1.54, 1.807) is 0 Å². The van der Waals surface area contributed by atoms with Crippen LogP contribution in [0.5, 0.6) is 0 Å². The Morgan fingerprint density at radius 2 is 1.67 bits per heavy atom. The second-order valence-corrected chi connectivity index (χ2v) is 4.15. The third-order valence-electron chi connectivity index (χ3n) is 2.17. The molecule has 2 nitrogen and oxygen atoms in total. The topological polar surface area (TPSA) is 40.5 Å². The van der Waals surface area contributed by atoms with E-state index in [0.29, 0.717) is 5.56 Å². The van der Waals surface area contributed by atoms with E-state index < -0.39 is 23.3 Å². The Labute approximate surface area is 87.2 Å². The van der Waals surface area contributed by atoms with Crippen molar-refractivity contribution in [2.75, 3.05) is 0 Å². The summed E-state index contributed by atoms with van der Waals surface area (Å²) >= 11 is 0. The van der Waals surface area contributed by atoms with Gasteiger partial charge in [-0.3, -0.25) is 0 Å². The molecule has 1 unspecified atom stereocenters. The van der Waals surface area contributed by atoms with E-state index in [2.05, 4.69) is 0 Å². The Hall–Kier alpha value is -1.00. The van der Waals surface area contributed by atoms with Gasteiger partial charge in [-0.05, 0) is 31.5 Å². The molecule has 0 aliphatic carbocycles. The summed E-state index contributed by atoms with van der Waals surface area (Å²) in [5.41, 5.74) is -0.967. The van der Waals surface area contributed by atoms with Crippen LogP contribution in [-0.4, -0.2) is 21.9 Å². The molecule has 0 aromatic heterocycles. The Morgan fingerprint density at radius 1 is 1.20 bits per heavy atom. The first-order chi connectivity index (χ1) is 6.79. The van der Waals surface area contributed by atoms with Gasteiger partial charge in [0.25, 0.3) is 0 Å². The summed E-state index contributed by atoms with van der Waals surface area (Å²) in [5, 5.41) is 19.0. The number of aliphatic hydroxyl groups excluding tert-OH is 1. The van der Waals surface area contributed by atoms with Crippen LogP contribution in [-0.2, 0) is 6.42 Å². The summed E-state index contributed by atoms with van der Waals surface area (Å²) in [4.78, 5) is 0. The van der Waals surface area contributed by atoms with Gasteiger partial charge in [-0.15, -0.1) is 0 Å². The third kappa shape index (κ3) is 3.57. The lowest BCUT2D eigenvalue weighted by atomic mass is 9.95. The van der Waals surface area contributed by atoms with Gasteiger partial charge in [-0.1, -0.05) is 0 Å². The van der Waals surface area contributed by atoms with Gasteiger partial charge in [0.05, 0.1) is 11.7 Å². The van der Waals surface area contributed by atoms with Crippen molar-refractivity contribution in [1.29, 1.82) is 0 Å². The molecule has 4 heteroatoms. The van der Waals surface area contributed by atoms with E-state index in [1.807, 2.05) is 0 Å². The summed E-state index contributed by atoms with van der Waals surface area (Å²) in [7, 11) is 0. The van der Waals surface area contributed by atoms with Gasteiger partial charge < -0.3 is 10.2 Å². The van der Waals surface area contributed by atoms with Crippen molar-refractivity contribution in [3.63, 3.8) is 0 Å². The number of hydrogen-bond donors (Lipinski definition) is 2. The first-order valence-electron chi connectivity index (χ1n) is 4.64. The predicted molar refractivity (Wildman–Crippen MR) is 52.4 cm³/mol. The molecular weight excluding hydrogens is 202 g/mol. The first-order valence-corrected chi connectivity index (χ1v) is 4.64. The molecule has 0 saturated carbocycles. The molecule has 0 spiro atoms. The summed E-state index contributed by atoms with van der Waals surface area (Å²) in [6, 6.07) is 3.04. The van der Waals surface area contributed by atoms with Crippen LogP contribution in [0.3, 0.4) is 0 Å². The molecule has 0 amide bonds. The van der Waals surface area contributed by atoms with Crippen LogP contribution in [0.25, 0.3) is 0 Å². The number of halogens is 2. The fourth-order valence-corrected chi connectivity index (χ4v) is 1.20. The van der Waals surface area contributed by atoms with Crippen molar-refractivity contribution in [1.82, 2.24) is 0 Å². The molecular formula is C11H14F2O2. The van der Waals surface area contributed by atoms with Crippen LogP contribution >= 0.6 is 0 Å². The smallest absolute Gasteiger partial charge is 0.126 e. The Morgan fingerprint density at radius 3 is 2.07 bits per heavy atom. The predicted octanol–water partition coefficient (Wildman–Crippen LogP) is 1.64. The first kappa shape index (κ1) is 12.1. The molecule has 1 rings (SSSR count). The average molecular weight is 216 g/mol. The van der Waals surface area contributed by atoms with Crippen molar-refractivity contribution in [2.24, 2.45) is 0 Å². The van der Waals surface area contributed by atoms with Gasteiger partial charge in [0, 0.05) is 12.5 Å². The fraction of sp³-hybridized carbons (Fsp3) is 0.455. The van der Waals surface area contributed by atoms with E-state index in [1.165, 1.54) is 13.8 Å². The molecule has 0 bridgehead atoms. The molecule has 0 radical (unpaired) electrons. The van der Waals surface area contributed by atoms with Gasteiger partial charge in [0.15, 0.2) is 0 Å². The lowest BCUT2D eigenvalue weighted by Crippen LogP contribution is -2.37. The van der Waals surface area contributed by atoms with Crippen LogP contribution in [0, 0.1) is 11.6 Å². The van der Waals surface area contributed by atoms with Crippen LogP contribution in [0.4, 0.5) is 8.78 Å². The molecule has 1 aromatic rings. The van der Waals surface area contributed by atoms with Gasteiger partial charge in [0.1, 0.15) is 11.6 Å². The van der Waals surface area contributed by atoms with Gasteiger partial charge in [0.2, 0.25) is 0 Å². The van der Waals surface area contributed by atoms with E-state index in [-0.39, 0.29) is 6.42 Å². The maximum Gasteiger partial charge on any atom is 0.126 e. The molecule has 0 heterocycles. The molecule has 1 atom stereocenters. The van der Waals surface area contributed by atoms with Gasteiger partial charge in [-0.2, -0.15) is 0 Å². The minimum atomic E-state index is -1.29. The zero-order valence-corrected chi connectivity index (χ0v) is 8.67. The molecule has 0 aliphatic rings. The van der Waals surface area contributed by atoms with Crippen molar-refractivity contribution in [3.05, 3.63) is 35.4 Å². The fourth-order valence-electron chi connectivity index (χ4n) is 1.20. The van der Waals surface area contributed by atoms with Crippen LogP contribution in [0.1, 0.15) is 19.4 Å². The van der Waals surface area contributed by atoms with E-state index >= 15 is 0 Å². The second kappa shape index (κ2) is 4.24. The lowest BCUT2D eigenvalue weighted by molar-refractivity contribution is -0.0469. The quantitative estimate of drug-likeness (QED) is 0.806. The maximum absolute atomic E-state index is 12.8. The van der Waals surface area contributed by atoms with Crippen molar-refractivity contribution < 1.29 is 19.0 Å². The number of aliphatic hydroxyl groups is 2. The summed E-state index contributed by atoms with van der Waals surface area (Å²) in [6.07, 6.45) is -1.04. The average Bonchev–Trinajstić information content (AvgIpc) is 1.99. The van der Waals surface area contributed by atoms with Crippen LogP contribution < -0.4 is 0 Å². The van der Waals surface area contributed by atoms with Crippen molar-refractivity contribution >= 4 is 0 Å². The van der Waals surface area contributed by atoms with Gasteiger partial charge in [-0.25, -0.2) is 8.78 Å². The zero-order chi connectivity index (χ0) is 11.6. The number of rotatable bonds is 3. The van der Waals surface area contributed by atoms with Crippen LogP contribution in [0.15, 0.2) is 18.2 Å². The lowest BCUT2D eigenvalue weighted by Gasteiger charge is -2.24. The number of hydrogen-bond acceptors (Lipinski definition) is 2. The second-order valence-electron chi connectivity index (χ2n) is 4.15. The molecule has 84 valence electrons. The van der Waals surface area contributed by atoms with Crippen LogP contribution in [0.2, 0.25) is 0 Å². The normalized spacial score (nSPS) is 14.0. The molecule has 15 heavy (non-hydrogen) atoms. The highest BCUT2D eigenvalue weighted by atomic mass is 19.1. The van der Waals surface area contributed by atoms with E-state index in [9.17, 15) is 19.0 Å². The highest BCUT2D eigenvalue weighted by molar-refractivity contribution is 5.19. The number of benzene rings is 1. The minimum absolute atomic E-state index is 0.0121. The van der Waals surface area contributed by atoms with E-state index in [4.69, 9.17) is 0 Å². The molecule has 2 N–H and O–H groups in total. The minimum Gasteiger partial charge on any atom is -0.390 e. The largest absolute Gasteiger partial charge is 0.390 e. The van der Waals surface area contributed by atoms with Crippen molar-refractivity contribution in [2.45, 2.75) is 32.0 Å². The SMILES string of the molecule is CC(C)(O)C(O)Cc1cc(F)cc(F)c1. The standard InChI is InChI=1S/C11H14F2O2/c1-11(2,15)10(14)5-7-3-8(12)6-9(13)4-7/h3-4,6,10,14-15H,5H2,1-2H3. The zero-order valence-electron chi connectivity index (χ0n) is 8.67. The van der Waals surface area contributed by atoms with Gasteiger partial charge >= 0.3 is 0 Å². The highest BCUT2D eigenvalue weighted by Crippen LogP contribution is 2.16. The highest BCUT2D eigenvalue weighted by Gasteiger charge is 2.24. The Bertz CT molecular complexity index is 325. The summed E-state index contributed by atoms with van der Waals surface area (Å²) in [6.45, 7) is 2.88. The molecule has 0 aliphatic heterocycles. The summed E-state index contributed by atoms with van der Waals surface area (Å²) < 4.78 is 25.6. The maximum atomic E-state index is 12.8. The summed E-state index contributed by atoms with van der Waals surface area (Å²) in [5.74, 6) is -1.37. The molecule has 0 fully saturated rings. The Kier molecular flexibility index (Phi) is 3.42. The molecule has 0 saturated heterocycles.